The lowest BCUT2D eigenvalue weighted by atomic mass is 10.3. The fourth-order valence-corrected chi connectivity index (χ4v) is 2.39. The van der Waals surface area contributed by atoms with E-state index in [1.807, 2.05) is 0 Å². The Labute approximate surface area is 147 Å². The van der Waals surface area contributed by atoms with E-state index >= 15 is 0 Å². The summed E-state index contributed by atoms with van der Waals surface area (Å²) >= 11 is 6.11. The van der Waals surface area contributed by atoms with Gasteiger partial charge in [0.15, 0.2) is 0 Å². The van der Waals surface area contributed by atoms with Crippen molar-refractivity contribution < 1.29 is 9.66 Å². The van der Waals surface area contributed by atoms with Gasteiger partial charge in [-0.25, -0.2) is 4.98 Å². The predicted octanol–water partition coefficient (Wildman–Crippen LogP) is 3.28. The highest BCUT2D eigenvalue weighted by atomic mass is 35.5. The van der Waals surface area contributed by atoms with Crippen molar-refractivity contribution in [2.45, 2.75) is 6.92 Å². The van der Waals surface area contributed by atoms with Gasteiger partial charge in [0, 0.05) is 17.4 Å². The van der Waals surface area contributed by atoms with Crippen molar-refractivity contribution in [2.24, 2.45) is 0 Å². The number of aryl methyl sites for hydroxylation is 1. The lowest BCUT2D eigenvalue weighted by molar-refractivity contribution is -0.384. The van der Waals surface area contributed by atoms with Gasteiger partial charge in [-0.15, -0.1) is 0 Å². The highest BCUT2D eigenvalue weighted by Crippen LogP contribution is 2.28. The standard InChI is InChI=1S/C15H13ClN6O3/c1-9-5-14(19-10-3-4-13(25-2)12(16)6-10)20-15(18-9)21-8-11(7-17-21)22(23)24/h3-8H,1-2H3,(H,18,19,20). The van der Waals surface area contributed by atoms with Crippen LogP contribution in [0.25, 0.3) is 5.95 Å². The summed E-state index contributed by atoms with van der Waals surface area (Å²) in [5.74, 6) is 1.28. The minimum absolute atomic E-state index is 0.137. The van der Waals surface area contributed by atoms with Crippen LogP contribution < -0.4 is 10.1 Å². The van der Waals surface area contributed by atoms with Gasteiger partial charge in [0.2, 0.25) is 0 Å². The monoisotopic (exact) mass is 360 g/mol. The van der Waals surface area contributed by atoms with Gasteiger partial charge in [-0.1, -0.05) is 11.6 Å². The van der Waals surface area contributed by atoms with Crippen molar-refractivity contribution >= 4 is 28.8 Å². The molecule has 0 saturated carbocycles. The number of benzene rings is 1. The summed E-state index contributed by atoms with van der Waals surface area (Å²) in [5, 5.41) is 18.3. The second kappa shape index (κ2) is 6.73. The van der Waals surface area contributed by atoms with Gasteiger partial charge in [-0.05, 0) is 25.1 Å². The highest BCUT2D eigenvalue weighted by molar-refractivity contribution is 6.32. The SMILES string of the molecule is COc1ccc(Nc2cc(C)nc(-n3cc([N+](=O)[O-])cn3)n2)cc1Cl. The maximum atomic E-state index is 10.8. The molecule has 0 radical (unpaired) electrons. The molecule has 0 aliphatic rings. The normalized spacial score (nSPS) is 10.5. The molecule has 2 aromatic heterocycles. The molecule has 0 bridgehead atoms. The largest absolute Gasteiger partial charge is 0.495 e. The number of aromatic nitrogens is 4. The molecule has 0 spiro atoms. The van der Waals surface area contributed by atoms with E-state index in [1.54, 1.807) is 31.2 Å². The topological polar surface area (TPSA) is 108 Å². The van der Waals surface area contributed by atoms with E-state index in [-0.39, 0.29) is 11.6 Å². The van der Waals surface area contributed by atoms with E-state index in [1.165, 1.54) is 18.0 Å². The number of ether oxygens (including phenoxy) is 1. The maximum absolute atomic E-state index is 10.8. The molecule has 0 aliphatic carbocycles. The fraction of sp³-hybridized carbons (Fsp3) is 0.133. The Kier molecular flexibility index (Phi) is 4.48. The number of nitrogens with one attached hydrogen (secondary N) is 1. The number of anilines is 2. The number of methoxy groups -OCH3 is 1. The summed E-state index contributed by atoms with van der Waals surface area (Å²) in [6.45, 7) is 1.79. The molecule has 0 saturated heterocycles. The molecule has 25 heavy (non-hydrogen) atoms. The van der Waals surface area contributed by atoms with E-state index in [0.717, 1.165) is 6.20 Å². The number of hydrogen-bond donors (Lipinski definition) is 1. The Hall–Kier alpha value is -3.20. The van der Waals surface area contributed by atoms with E-state index in [0.29, 0.717) is 28.0 Å². The molecule has 0 fully saturated rings. The second-order valence-electron chi connectivity index (χ2n) is 5.07. The molecule has 1 aromatic carbocycles. The summed E-state index contributed by atoms with van der Waals surface area (Å²) in [6, 6.07) is 6.97. The fourth-order valence-electron chi connectivity index (χ4n) is 2.13. The van der Waals surface area contributed by atoms with Crippen molar-refractivity contribution in [2.75, 3.05) is 12.4 Å². The zero-order valence-electron chi connectivity index (χ0n) is 13.3. The molecule has 2 heterocycles. The number of rotatable bonds is 5. The summed E-state index contributed by atoms with van der Waals surface area (Å²) in [5.41, 5.74) is 1.24. The first-order valence-corrected chi connectivity index (χ1v) is 7.50. The molecule has 9 nitrogen and oxygen atoms in total. The van der Waals surface area contributed by atoms with E-state index in [9.17, 15) is 10.1 Å². The van der Waals surface area contributed by atoms with E-state index in [4.69, 9.17) is 16.3 Å². The van der Waals surface area contributed by atoms with Crippen LogP contribution >= 0.6 is 11.6 Å². The van der Waals surface area contributed by atoms with Crippen molar-refractivity contribution in [1.29, 1.82) is 0 Å². The van der Waals surface area contributed by atoms with Crippen molar-refractivity contribution in [1.82, 2.24) is 19.7 Å². The zero-order chi connectivity index (χ0) is 18.0. The molecule has 10 heteroatoms. The third kappa shape index (κ3) is 3.66. The summed E-state index contributed by atoms with van der Waals surface area (Å²) in [7, 11) is 1.54. The van der Waals surface area contributed by atoms with Gasteiger partial charge in [-0.3, -0.25) is 10.1 Å². The van der Waals surface area contributed by atoms with Crippen molar-refractivity contribution in [3.05, 3.63) is 57.5 Å². The minimum atomic E-state index is -0.530. The first-order valence-electron chi connectivity index (χ1n) is 7.12. The van der Waals surface area contributed by atoms with Crippen LogP contribution in [0, 0.1) is 17.0 Å². The Morgan fingerprint density at radius 1 is 1.32 bits per heavy atom. The summed E-state index contributed by atoms with van der Waals surface area (Å²) in [6.07, 6.45) is 2.39. The van der Waals surface area contributed by atoms with Crippen LogP contribution in [0.5, 0.6) is 5.75 Å². The van der Waals surface area contributed by atoms with Gasteiger partial charge in [0.25, 0.3) is 5.95 Å². The molecule has 0 aliphatic heterocycles. The number of nitrogens with zero attached hydrogens (tertiary/aromatic N) is 5. The van der Waals surface area contributed by atoms with Gasteiger partial charge in [-0.2, -0.15) is 14.8 Å². The molecule has 128 valence electrons. The van der Waals surface area contributed by atoms with Crippen LogP contribution in [0.2, 0.25) is 5.02 Å². The smallest absolute Gasteiger partial charge is 0.307 e. The van der Waals surface area contributed by atoms with Crippen molar-refractivity contribution in [3.8, 4) is 11.7 Å². The van der Waals surface area contributed by atoms with Crippen LogP contribution in [-0.4, -0.2) is 31.8 Å². The lowest BCUT2D eigenvalue weighted by Crippen LogP contribution is -2.05. The zero-order valence-corrected chi connectivity index (χ0v) is 14.1. The third-order valence-corrected chi connectivity index (χ3v) is 3.55. The average molecular weight is 361 g/mol. The predicted molar refractivity (Wildman–Crippen MR) is 91.8 cm³/mol. The van der Waals surface area contributed by atoms with Crippen LogP contribution in [0.15, 0.2) is 36.7 Å². The minimum Gasteiger partial charge on any atom is -0.495 e. The third-order valence-electron chi connectivity index (χ3n) is 3.25. The van der Waals surface area contributed by atoms with E-state index < -0.39 is 4.92 Å². The number of halogens is 1. The molecule has 0 atom stereocenters. The van der Waals surface area contributed by atoms with Gasteiger partial charge in [0.1, 0.15) is 24.0 Å². The molecule has 0 amide bonds. The molecular formula is C15H13ClN6O3. The Bertz CT molecular complexity index is 943. The Morgan fingerprint density at radius 3 is 2.76 bits per heavy atom. The first kappa shape index (κ1) is 16.7. The Morgan fingerprint density at radius 2 is 2.12 bits per heavy atom. The average Bonchev–Trinajstić information content (AvgIpc) is 3.05. The van der Waals surface area contributed by atoms with Crippen molar-refractivity contribution in [3.63, 3.8) is 0 Å². The molecule has 3 rings (SSSR count). The first-order chi connectivity index (χ1) is 12.0. The number of hydrogen-bond acceptors (Lipinski definition) is 7. The van der Waals surface area contributed by atoms with Crippen LogP contribution in [0.3, 0.4) is 0 Å². The summed E-state index contributed by atoms with van der Waals surface area (Å²) < 4.78 is 6.36. The van der Waals surface area contributed by atoms with Gasteiger partial charge < -0.3 is 10.1 Å². The van der Waals surface area contributed by atoms with Crippen LogP contribution in [-0.2, 0) is 0 Å². The summed E-state index contributed by atoms with van der Waals surface area (Å²) in [4.78, 5) is 18.8. The van der Waals surface area contributed by atoms with Crippen LogP contribution in [0.1, 0.15) is 5.69 Å². The maximum Gasteiger partial charge on any atom is 0.307 e. The number of nitro groups is 1. The quantitative estimate of drug-likeness (QED) is 0.549. The van der Waals surface area contributed by atoms with E-state index in [2.05, 4.69) is 20.4 Å². The lowest BCUT2D eigenvalue weighted by Gasteiger charge is -2.10. The molecule has 1 N–H and O–H groups in total. The molecule has 3 aromatic rings. The second-order valence-corrected chi connectivity index (χ2v) is 5.48. The van der Waals surface area contributed by atoms with Gasteiger partial charge in [0.05, 0.1) is 17.1 Å². The molecule has 0 unspecified atom stereocenters. The molecular weight excluding hydrogens is 348 g/mol. The van der Waals surface area contributed by atoms with Gasteiger partial charge >= 0.3 is 5.69 Å². The van der Waals surface area contributed by atoms with Crippen LogP contribution in [0.4, 0.5) is 17.2 Å². The highest BCUT2D eigenvalue weighted by Gasteiger charge is 2.13. The Balaban J connectivity index is 1.91.